The zero-order valence-electron chi connectivity index (χ0n) is 22.3. The van der Waals surface area contributed by atoms with Gasteiger partial charge >= 0.3 is 0 Å². The van der Waals surface area contributed by atoms with E-state index in [0.29, 0.717) is 11.8 Å². The number of unbranched alkanes of at least 4 members (excludes halogenated alkanes) is 1. The molecule has 0 N–H and O–H groups in total. The lowest BCUT2D eigenvalue weighted by Gasteiger charge is -2.18. The highest BCUT2D eigenvalue weighted by Gasteiger charge is 2.16. The Bertz CT molecular complexity index is 1530. The van der Waals surface area contributed by atoms with Gasteiger partial charge in [-0.2, -0.15) is 0 Å². The molecule has 3 heteroatoms. The Morgan fingerprint density at radius 2 is 1.72 bits per heavy atom. The van der Waals surface area contributed by atoms with Crippen LogP contribution in [0.2, 0.25) is 0 Å². The van der Waals surface area contributed by atoms with Crippen molar-refractivity contribution in [3.8, 4) is 0 Å². The molecule has 0 bridgehead atoms. The molecule has 2 heterocycles. The fraction of sp³-hybridized carbons (Fsp3) is 0.364. The Morgan fingerprint density at radius 1 is 0.917 bits per heavy atom. The second-order valence-corrected chi connectivity index (χ2v) is 11.1. The minimum absolute atomic E-state index is 0.0882. The lowest BCUT2D eigenvalue weighted by atomic mass is 9.87. The summed E-state index contributed by atoms with van der Waals surface area (Å²) in [6, 6.07) is 21.9. The van der Waals surface area contributed by atoms with Crippen LogP contribution in [0.5, 0.6) is 0 Å². The molecule has 0 aliphatic carbocycles. The molecule has 3 nitrogen and oxygen atoms in total. The fourth-order valence-electron chi connectivity index (χ4n) is 5.20. The van der Waals surface area contributed by atoms with Gasteiger partial charge in [-0.05, 0) is 65.3 Å². The van der Waals surface area contributed by atoms with Crippen LogP contribution < -0.4 is 0 Å². The molecule has 0 fully saturated rings. The second-order valence-electron chi connectivity index (χ2n) is 11.1. The van der Waals surface area contributed by atoms with E-state index in [2.05, 4.69) is 99.9 Å². The van der Waals surface area contributed by atoms with E-state index in [1.807, 2.05) is 12.1 Å². The largest absolute Gasteiger partial charge is 0.437 e. The molecular weight excluding hydrogens is 440 g/mol. The van der Waals surface area contributed by atoms with E-state index >= 15 is 0 Å². The van der Waals surface area contributed by atoms with E-state index in [1.165, 1.54) is 53.1 Å². The average molecular weight is 479 g/mol. The zero-order valence-corrected chi connectivity index (χ0v) is 22.3. The molecule has 186 valence electrons. The number of rotatable bonds is 8. The van der Waals surface area contributed by atoms with Crippen molar-refractivity contribution >= 4 is 45.1 Å². The first-order chi connectivity index (χ1) is 17.4. The van der Waals surface area contributed by atoms with Crippen LogP contribution in [0.25, 0.3) is 45.1 Å². The van der Waals surface area contributed by atoms with Crippen molar-refractivity contribution in [2.24, 2.45) is 5.92 Å². The Morgan fingerprint density at radius 3 is 2.50 bits per heavy atom. The standard InChI is InChI=1S/C33H38N2O/c1-6-8-11-23(7-2)22-35-29-13-10-9-12-26(29)27-20-24(14-17-30(27)35)15-19-32-34-28-21-25(33(3,4)5)16-18-31(28)36-32/h9-10,12-21,23H,6-8,11,22H2,1-5H3/b19-15+. The minimum atomic E-state index is 0.0882. The molecule has 0 radical (unpaired) electrons. The highest BCUT2D eigenvalue weighted by Crippen LogP contribution is 2.32. The van der Waals surface area contributed by atoms with Crippen molar-refractivity contribution in [2.75, 3.05) is 0 Å². The highest BCUT2D eigenvalue weighted by molar-refractivity contribution is 6.08. The SMILES string of the molecule is CCCCC(CC)Cn1c2ccccc2c2cc(/C=C/c3nc4cc(C(C)(C)C)ccc4o3)ccc21. The molecule has 0 saturated carbocycles. The van der Waals surface area contributed by atoms with Gasteiger partial charge in [-0.3, -0.25) is 0 Å². The number of oxazole rings is 1. The summed E-state index contributed by atoms with van der Waals surface area (Å²) >= 11 is 0. The maximum atomic E-state index is 6.01. The normalized spacial score (nSPS) is 13.5. The molecule has 0 spiro atoms. The molecule has 36 heavy (non-hydrogen) atoms. The summed E-state index contributed by atoms with van der Waals surface area (Å²) in [7, 11) is 0. The maximum absolute atomic E-state index is 6.01. The third-order valence-electron chi connectivity index (χ3n) is 7.47. The number of nitrogens with zero attached hydrogens (tertiary/aromatic N) is 2. The van der Waals surface area contributed by atoms with Crippen molar-refractivity contribution in [3.05, 3.63) is 77.7 Å². The van der Waals surface area contributed by atoms with Crippen LogP contribution in [0, 0.1) is 5.92 Å². The fourth-order valence-corrected chi connectivity index (χ4v) is 5.20. The first kappa shape index (κ1) is 24.4. The first-order valence-corrected chi connectivity index (χ1v) is 13.5. The van der Waals surface area contributed by atoms with E-state index in [-0.39, 0.29) is 5.41 Å². The highest BCUT2D eigenvalue weighted by atomic mass is 16.3. The third-order valence-corrected chi connectivity index (χ3v) is 7.47. The van der Waals surface area contributed by atoms with E-state index in [0.717, 1.165) is 23.2 Å². The van der Waals surface area contributed by atoms with Crippen molar-refractivity contribution in [1.29, 1.82) is 0 Å². The third kappa shape index (κ3) is 4.84. The van der Waals surface area contributed by atoms with Gasteiger partial charge < -0.3 is 8.98 Å². The summed E-state index contributed by atoms with van der Waals surface area (Å²) < 4.78 is 8.54. The van der Waals surface area contributed by atoms with Crippen LogP contribution in [-0.4, -0.2) is 9.55 Å². The molecule has 1 atom stereocenters. The predicted octanol–water partition coefficient (Wildman–Crippen LogP) is 9.62. The molecule has 2 aromatic heterocycles. The van der Waals surface area contributed by atoms with Gasteiger partial charge in [0.2, 0.25) is 5.89 Å². The van der Waals surface area contributed by atoms with Crippen molar-refractivity contribution < 1.29 is 4.42 Å². The monoisotopic (exact) mass is 478 g/mol. The van der Waals surface area contributed by atoms with Gasteiger partial charge in [0.1, 0.15) is 5.52 Å². The van der Waals surface area contributed by atoms with E-state index in [4.69, 9.17) is 9.40 Å². The van der Waals surface area contributed by atoms with Gasteiger partial charge in [0.05, 0.1) is 0 Å². The molecule has 0 amide bonds. The Kier molecular flexibility index (Phi) is 6.75. The van der Waals surface area contributed by atoms with E-state index in [9.17, 15) is 0 Å². The molecule has 0 aliphatic rings. The quantitative estimate of drug-likeness (QED) is 0.222. The van der Waals surface area contributed by atoms with Gasteiger partial charge in [0.25, 0.3) is 0 Å². The minimum Gasteiger partial charge on any atom is -0.437 e. The van der Waals surface area contributed by atoms with Crippen LogP contribution in [0.4, 0.5) is 0 Å². The summed E-state index contributed by atoms with van der Waals surface area (Å²) in [5.74, 6) is 1.35. The Balaban J connectivity index is 1.48. The number of para-hydroxylation sites is 1. The maximum Gasteiger partial charge on any atom is 0.220 e. The molecular formula is C33H38N2O. The van der Waals surface area contributed by atoms with Crippen LogP contribution in [0.3, 0.4) is 0 Å². The molecule has 5 aromatic rings. The number of hydrogen-bond acceptors (Lipinski definition) is 2. The van der Waals surface area contributed by atoms with E-state index in [1.54, 1.807) is 0 Å². The van der Waals surface area contributed by atoms with Crippen LogP contribution in [0.15, 0.2) is 65.1 Å². The lowest BCUT2D eigenvalue weighted by Crippen LogP contribution is -2.10. The van der Waals surface area contributed by atoms with Gasteiger partial charge in [-0.15, -0.1) is 0 Å². The van der Waals surface area contributed by atoms with Crippen molar-refractivity contribution in [1.82, 2.24) is 9.55 Å². The van der Waals surface area contributed by atoms with Crippen LogP contribution in [-0.2, 0) is 12.0 Å². The summed E-state index contributed by atoms with van der Waals surface area (Å²) in [6.07, 6.45) is 9.17. The van der Waals surface area contributed by atoms with Crippen molar-refractivity contribution in [2.45, 2.75) is 72.3 Å². The first-order valence-electron chi connectivity index (χ1n) is 13.5. The molecule has 0 aliphatic heterocycles. The Hall–Kier alpha value is -3.33. The van der Waals surface area contributed by atoms with Crippen LogP contribution >= 0.6 is 0 Å². The van der Waals surface area contributed by atoms with Gasteiger partial charge in [-0.1, -0.05) is 84.2 Å². The summed E-state index contributed by atoms with van der Waals surface area (Å²) in [5.41, 5.74) is 6.90. The smallest absolute Gasteiger partial charge is 0.220 e. The number of benzene rings is 3. The van der Waals surface area contributed by atoms with E-state index < -0.39 is 0 Å². The predicted molar refractivity (Wildman–Crippen MR) is 154 cm³/mol. The van der Waals surface area contributed by atoms with Gasteiger partial charge in [0, 0.05) is 34.4 Å². The van der Waals surface area contributed by atoms with Gasteiger partial charge in [0.15, 0.2) is 5.58 Å². The summed E-state index contributed by atoms with van der Waals surface area (Å²) in [4.78, 5) is 4.73. The number of aromatic nitrogens is 2. The van der Waals surface area contributed by atoms with Crippen molar-refractivity contribution in [3.63, 3.8) is 0 Å². The Labute approximate surface area is 214 Å². The molecule has 5 rings (SSSR count). The van der Waals surface area contributed by atoms with Crippen LogP contribution in [0.1, 0.15) is 77.3 Å². The average Bonchev–Trinajstić information content (AvgIpc) is 3.42. The zero-order chi connectivity index (χ0) is 25.3. The number of fused-ring (bicyclic) bond motifs is 4. The number of hydrogen-bond donors (Lipinski definition) is 0. The lowest BCUT2D eigenvalue weighted by molar-refractivity contribution is 0.401. The molecule has 3 aromatic carbocycles. The summed E-state index contributed by atoms with van der Waals surface area (Å²) in [6.45, 7) is 12.3. The molecule has 0 saturated heterocycles. The topological polar surface area (TPSA) is 31.0 Å². The second kappa shape index (κ2) is 9.97. The van der Waals surface area contributed by atoms with Gasteiger partial charge in [-0.25, -0.2) is 4.98 Å². The summed E-state index contributed by atoms with van der Waals surface area (Å²) in [5, 5.41) is 2.63. The molecule has 1 unspecified atom stereocenters.